The molecule has 0 heterocycles. The van der Waals surface area contributed by atoms with Crippen molar-refractivity contribution in [3.05, 3.63) is 0 Å². The van der Waals surface area contributed by atoms with Gasteiger partial charge in [-0.15, -0.1) is 24.0 Å². The van der Waals surface area contributed by atoms with Gasteiger partial charge in [0.05, 0.1) is 0 Å². The van der Waals surface area contributed by atoms with Gasteiger partial charge in [-0.2, -0.15) is 0 Å². The summed E-state index contributed by atoms with van der Waals surface area (Å²) in [6.07, 6.45) is 4.88. The molecule has 1 rings (SSSR count). The highest BCUT2D eigenvalue weighted by atomic mass is 127. The number of esters is 1. The molecule has 21 heavy (non-hydrogen) atoms. The fourth-order valence-electron chi connectivity index (χ4n) is 2.49. The molecule has 2 atom stereocenters. The summed E-state index contributed by atoms with van der Waals surface area (Å²) in [5.74, 6) is 1.16. The van der Waals surface area contributed by atoms with E-state index in [9.17, 15) is 4.79 Å². The molecule has 0 bridgehead atoms. The highest BCUT2D eigenvalue weighted by Crippen LogP contribution is 2.23. The first-order chi connectivity index (χ1) is 9.30. The molecule has 0 aromatic carbocycles. The topological polar surface area (TPSA) is 62.7 Å². The highest BCUT2D eigenvalue weighted by Gasteiger charge is 2.20. The first kappa shape index (κ1) is 20.5. The highest BCUT2D eigenvalue weighted by molar-refractivity contribution is 14.0. The lowest BCUT2D eigenvalue weighted by Crippen LogP contribution is -2.47. The fourth-order valence-corrected chi connectivity index (χ4v) is 2.49. The van der Waals surface area contributed by atoms with E-state index in [0.29, 0.717) is 12.0 Å². The minimum atomic E-state index is -0.450. The van der Waals surface area contributed by atoms with E-state index in [0.717, 1.165) is 18.8 Å². The second kappa shape index (κ2) is 9.48. The second-order valence-electron chi connectivity index (χ2n) is 6.63. The molecule has 1 aliphatic rings. The van der Waals surface area contributed by atoms with Gasteiger partial charge in [-0.1, -0.05) is 19.8 Å². The Morgan fingerprint density at radius 1 is 1.33 bits per heavy atom. The molecule has 1 saturated carbocycles. The summed E-state index contributed by atoms with van der Waals surface area (Å²) in [6.45, 7) is 8.01. The summed E-state index contributed by atoms with van der Waals surface area (Å²) in [4.78, 5) is 15.8. The zero-order valence-electron chi connectivity index (χ0n) is 13.9. The summed E-state index contributed by atoms with van der Waals surface area (Å²) in [5, 5.41) is 6.40. The molecule has 0 aromatic heterocycles. The van der Waals surface area contributed by atoms with Gasteiger partial charge in [0.15, 0.2) is 5.96 Å². The molecule has 0 spiro atoms. The number of carbonyl (C=O) groups is 1. The van der Waals surface area contributed by atoms with Crippen LogP contribution in [0.25, 0.3) is 0 Å². The minimum Gasteiger partial charge on any atom is -0.459 e. The Morgan fingerprint density at radius 2 is 2.00 bits per heavy atom. The molecular weight excluding hydrogens is 381 g/mol. The van der Waals surface area contributed by atoms with Crippen LogP contribution in [0.4, 0.5) is 0 Å². The van der Waals surface area contributed by atoms with Crippen molar-refractivity contribution in [3.63, 3.8) is 0 Å². The molecular formula is C15H30IN3O2. The van der Waals surface area contributed by atoms with Crippen molar-refractivity contribution in [2.45, 2.75) is 65.0 Å². The van der Waals surface area contributed by atoms with E-state index >= 15 is 0 Å². The van der Waals surface area contributed by atoms with Crippen molar-refractivity contribution in [3.8, 4) is 0 Å². The smallest absolute Gasteiger partial charge is 0.325 e. The van der Waals surface area contributed by atoms with E-state index in [-0.39, 0.29) is 36.5 Å². The van der Waals surface area contributed by atoms with E-state index in [2.05, 4.69) is 22.5 Å². The van der Waals surface area contributed by atoms with Crippen molar-refractivity contribution < 1.29 is 9.53 Å². The van der Waals surface area contributed by atoms with E-state index in [1.807, 2.05) is 20.8 Å². The number of hydrogen-bond acceptors (Lipinski definition) is 3. The Bertz CT molecular complexity index is 353. The monoisotopic (exact) mass is 411 g/mol. The summed E-state index contributed by atoms with van der Waals surface area (Å²) in [7, 11) is 1.72. The van der Waals surface area contributed by atoms with E-state index < -0.39 is 5.60 Å². The van der Waals surface area contributed by atoms with Gasteiger partial charge in [0.1, 0.15) is 12.1 Å². The molecule has 5 nitrogen and oxygen atoms in total. The van der Waals surface area contributed by atoms with Gasteiger partial charge < -0.3 is 15.4 Å². The number of halogens is 1. The molecule has 1 aliphatic carbocycles. The number of carbonyl (C=O) groups excluding carboxylic acids is 1. The van der Waals surface area contributed by atoms with Crippen LogP contribution in [0.5, 0.6) is 0 Å². The largest absolute Gasteiger partial charge is 0.459 e. The molecule has 6 heteroatoms. The van der Waals surface area contributed by atoms with Gasteiger partial charge in [-0.05, 0) is 39.5 Å². The third-order valence-corrected chi connectivity index (χ3v) is 3.32. The van der Waals surface area contributed by atoms with E-state index in [1.165, 1.54) is 12.8 Å². The molecule has 2 unspecified atom stereocenters. The lowest BCUT2D eigenvalue weighted by molar-refractivity contribution is -0.153. The number of guanidine groups is 1. The van der Waals surface area contributed by atoms with Gasteiger partial charge in [0.2, 0.25) is 0 Å². The lowest BCUT2D eigenvalue weighted by atomic mass is 9.87. The Kier molecular flexibility index (Phi) is 9.24. The average Bonchev–Trinajstić information content (AvgIpc) is 2.32. The molecule has 0 amide bonds. The van der Waals surface area contributed by atoms with Crippen LogP contribution >= 0.6 is 24.0 Å². The lowest BCUT2D eigenvalue weighted by Gasteiger charge is -2.29. The van der Waals surface area contributed by atoms with Crippen LogP contribution < -0.4 is 10.6 Å². The third kappa shape index (κ3) is 9.16. The predicted octanol–water partition coefficient (Wildman–Crippen LogP) is 2.69. The maximum Gasteiger partial charge on any atom is 0.325 e. The quantitative estimate of drug-likeness (QED) is 0.325. The first-order valence-electron chi connectivity index (χ1n) is 7.49. The fraction of sp³-hybridized carbons (Fsp3) is 0.867. The molecule has 0 aliphatic heterocycles. The summed E-state index contributed by atoms with van der Waals surface area (Å²) in [5.41, 5.74) is -0.450. The van der Waals surface area contributed by atoms with Crippen molar-refractivity contribution in [1.29, 1.82) is 0 Å². The van der Waals surface area contributed by atoms with Crippen molar-refractivity contribution in [2.24, 2.45) is 10.9 Å². The second-order valence-corrected chi connectivity index (χ2v) is 6.63. The maximum absolute atomic E-state index is 11.7. The van der Waals surface area contributed by atoms with E-state index in [1.54, 1.807) is 7.05 Å². The Balaban J connectivity index is 0.00000400. The predicted molar refractivity (Wildman–Crippen MR) is 97.2 cm³/mol. The van der Waals surface area contributed by atoms with Crippen LogP contribution in [0.2, 0.25) is 0 Å². The van der Waals surface area contributed by atoms with Gasteiger partial charge >= 0.3 is 5.97 Å². The number of hydrogen-bond donors (Lipinski definition) is 2. The zero-order chi connectivity index (χ0) is 15.2. The molecule has 0 aromatic rings. The molecule has 0 radical (unpaired) electrons. The van der Waals surface area contributed by atoms with Gasteiger partial charge in [0, 0.05) is 13.1 Å². The number of nitrogens with one attached hydrogen (secondary N) is 2. The Hall–Kier alpha value is -0.530. The summed E-state index contributed by atoms with van der Waals surface area (Å²) in [6, 6.07) is 0.448. The van der Waals surface area contributed by atoms with Crippen LogP contribution in [0.3, 0.4) is 0 Å². The van der Waals surface area contributed by atoms with Crippen molar-refractivity contribution in [1.82, 2.24) is 10.6 Å². The summed E-state index contributed by atoms with van der Waals surface area (Å²) >= 11 is 0. The Labute approximate surface area is 145 Å². The number of nitrogens with zero attached hydrogens (tertiary/aromatic N) is 1. The number of ether oxygens (including phenoxy) is 1. The number of rotatable bonds is 3. The van der Waals surface area contributed by atoms with Gasteiger partial charge in [-0.3, -0.25) is 9.79 Å². The normalized spacial score (nSPS) is 23.0. The maximum atomic E-state index is 11.7. The SMILES string of the molecule is CN=C(NCC(=O)OC(C)(C)C)NC1CCCC(C)C1.I. The molecule has 1 fully saturated rings. The Morgan fingerprint density at radius 3 is 2.52 bits per heavy atom. The van der Waals surface area contributed by atoms with Crippen LogP contribution in [0.15, 0.2) is 4.99 Å². The average molecular weight is 411 g/mol. The molecule has 2 N–H and O–H groups in total. The number of aliphatic imine (C=N–C) groups is 1. The van der Waals surface area contributed by atoms with E-state index in [4.69, 9.17) is 4.74 Å². The third-order valence-electron chi connectivity index (χ3n) is 3.32. The molecule has 0 saturated heterocycles. The van der Waals surface area contributed by atoms with Crippen LogP contribution in [0.1, 0.15) is 53.4 Å². The summed E-state index contributed by atoms with van der Waals surface area (Å²) < 4.78 is 5.26. The van der Waals surface area contributed by atoms with Crippen molar-refractivity contribution >= 4 is 35.9 Å². The molecule has 124 valence electrons. The first-order valence-corrected chi connectivity index (χ1v) is 7.49. The van der Waals surface area contributed by atoms with Crippen molar-refractivity contribution in [2.75, 3.05) is 13.6 Å². The van der Waals surface area contributed by atoms with Crippen LogP contribution in [-0.4, -0.2) is 37.2 Å². The standard InChI is InChI=1S/C15H29N3O2.HI/c1-11-7-6-8-12(9-11)18-14(16-5)17-10-13(19)20-15(2,3)4;/h11-12H,6-10H2,1-5H3,(H2,16,17,18);1H. The minimum absolute atomic E-state index is 0. The van der Waals surface area contributed by atoms with Crippen LogP contribution in [-0.2, 0) is 9.53 Å². The van der Waals surface area contributed by atoms with Gasteiger partial charge in [0.25, 0.3) is 0 Å². The zero-order valence-corrected chi connectivity index (χ0v) is 16.2. The van der Waals surface area contributed by atoms with Crippen LogP contribution in [0, 0.1) is 5.92 Å². The van der Waals surface area contributed by atoms with Gasteiger partial charge in [-0.25, -0.2) is 0 Å².